The second-order valence-electron chi connectivity index (χ2n) is 8.40. The standard InChI is InChI=1S/C20H27N3O2.C2HF3O2/c1-3-25-12-15-8-9-22(2)20(11-15)13-23(14-20)19(24)18-10-16-6-4-5-7-17(16)21-18;3-2(4,5)1(6)7/h4-7,10,15,21H,3,8-9,11-14H2,1-2H3;(H,6,7). The molecule has 4 rings (SSSR count). The van der Waals surface area contributed by atoms with E-state index in [1.54, 1.807) is 0 Å². The highest BCUT2D eigenvalue weighted by atomic mass is 19.4. The Kier molecular flexibility index (Phi) is 7.14. The molecule has 1 unspecified atom stereocenters. The van der Waals surface area contributed by atoms with Crippen LogP contribution in [0.5, 0.6) is 0 Å². The number of H-pyrrole nitrogens is 1. The topological polar surface area (TPSA) is 85.9 Å². The van der Waals surface area contributed by atoms with Crippen molar-refractivity contribution in [3.8, 4) is 0 Å². The summed E-state index contributed by atoms with van der Waals surface area (Å²) in [6.45, 7) is 6.41. The summed E-state index contributed by atoms with van der Waals surface area (Å²) in [5.74, 6) is -2.03. The number of amides is 1. The van der Waals surface area contributed by atoms with Crippen molar-refractivity contribution in [3.63, 3.8) is 0 Å². The van der Waals surface area contributed by atoms with Crippen LogP contribution in [0.1, 0.15) is 30.3 Å². The number of piperidine rings is 1. The molecular weight excluding hydrogens is 427 g/mol. The number of ether oxygens (including phenoxy) is 1. The van der Waals surface area contributed by atoms with Crippen molar-refractivity contribution >= 4 is 22.8 Å². The first-order valence-corrected chi connectivity index (χ1v) is 10.5. The number of carbonyl (C=O) groups is 2. The Hall–Kier alpha value is -2.59. The van der Waals surface area contributed by atoms with Gasteiger partial charge in [0.1, 0.15) is 5.69 Å². The van der Waals surface area contributed by atoms with E-state index in [-0.39, 0.29) is 11.4 Å². The van der Waals surface area contributed by atoms with Gasteiger partial charge in [-0.05, 0) is 51.4 Å². The molecule has 2 saturated heterocycles. The number of aromatic nitrogens is 1. The van der Waals surface area contributed by atoms with E-state index in [4.69, 9.17) is 14.6 Å². The van der Waals surface area contributed by atoms with Gasteiger partial charge in [-0.3, -0.25) is 9.69 Å². The molecule has 10 heteroatoms. The first-order chi connectivity index (χ1) is 15.1. The number of nitrogens with one attached hydrogen (secondary N) is 1. The second kappa shape index (κ2) is 9.50. The zero-order chi connectivity index (χ0) is 23.5. The predicted molar refractivity (Wildman–Crippen MR) is 112 cm³/mol. The average molecular weight is 455 g/mol. The van der Waals surface area contributed by atoms with Crippen molar-refractivity contribution in [1.82, 2.24) is 14.8 Å². The summed E-state index contributed by atoms with van der Waals surface area (Å²) in [5, 5.41) is 8.22. The average Bonchev–Trinajstić information content (AvgIpc) is 3.15. The number of benzene rings is 1. The van der Waals surface area contributed by atoms with Crippen LogP contribution in [0.25, 0.3) is 10.9 Å². The molecule has 0 aliphatic carbocycles. The van der Waals surface area contributed by atoms with Crippen molar-refractivity contribution in [2.45, 2.75) is 31.5 Å². The van der Waals surface area contributed by atoms with E-state index in [1.807, 2.05) is 35.2 Å². The molecule has 7 nitrogen and oxygen atoms in total. The van der Waals surface area contributed by atoms with Gasteiger partial charge in [-0.15, -0.1) is 0 Å². The van der Waals surface area contributed by atoms with Gasteiger partial charge >= 0.3 is 12.1 Å². The number of carboxylic acid groups (broad SMARTS) is 1. The molecule has 1 amide bonds. The molecule has 2 fully saturated rings. The number of para-hydroxylation sites is 1. The zero-order valence-corrected chi connectivity index (χ0v) is 18.1. The number of carbonyl (C=O) groups excluding carboxylic acids is 1. The number of nitrogens with zero attached hydrogens (tertiary/aromatic N) is 2. The van der Waals surface area contributed by atoms with E-state index in [2.05, 4.69) is 23.9 Å². The highest BCUT2D eigenvalue weighted by molar-refractivity contribution is 5.98. The van der Waals surface area contributed by atoms with Crippen molar-refractivity contribution in [1.29, 1.82) is 0 Å². The van der Waals surface area contributed by atoms with Gasteiger partial charge in [-0.2, -0.15) is 13.2 Å². The summed E-state index contributed by atoms with van der Waals surface area (Å²) >= 11 is 0. The van der Waals surface area contributed by atoms with Gasteiger partial charge in [-0.1, -0.05) is 18.2 Å². The van der Waals surface area contributed by atoms with Crippen LogP contribution in [-0.2, 0) is 9.53 Å². The van der Waals surface area contributed by atoms with Crippen LogP contribution < -0.4 is 0 Å². The van der Waals surface area contributed by atoms with Crippen LogP contribution in [0.2, 0.25) is 0 Å². The highest BCUT2D eigenvalue weighted by Crippen LogP contribution is 2.39. The Labute approximate surface area is 184 Å². The fourth-order valence-corrected chi connectivity index (χ4v) is 4.37. The van der Waals surface area contributed by atoms with Gasteiger partial charge < -0.3 is 19.7 Å². The molecule has 1 atom stereocenters. The number of likely N-dealkylation sites (tertiary alicyclic amines) is 2. The van der Waals surface area contributed by atoms with Gasteiger partial charge in [0.2, 0.25) is 0 Å². The summed E-state index contributed by atoms with van der Waals surface area (Å²) < 4.78 is 37.4. The number of aliphatic carboxylic acids is 1. The van der Waals surface area contributed by atoms with Gasteiger partial charge in [-0.25, -0.2) is 4.79 Å². The molecule has 2 N–H and O–H groups in total. The monoisotopic (exact) mass is 455 g/mol. The van der Waals surface area contributed by atoms with Crippen molar-refractivity contribution in [3.05, 3.63) is 36.0 Å². The Balaban J connectivity index is 0.000000360. The van der Waals surface area contributed by atoms with E-state index < -0.39 is 12.1 Å². The lowest BCUT2D eigenvalue weighted by Gasteiger charge is -2.58. The Morgan fingerprint density at radius 3 is 2.53 bits per heavy atom. The smallest absolute Gasteiger partial charge is 0.475 e. The number of alkyl halides is 3. The summed E-state index contributed by atoms with van der Waals surface area (Å²) in [5.41, 5.74) is 1.86. The number of rotatable bonds is 4. The first kappa shape index (κ1) is 24.1. The molecule has 2 aliphatic rings. The SMILES string of the molecule is CCOCC1CCN(C)C2(C1)CN(C(=O)c1cc3ccccc3[nH]1)C2.O=C(O)C(F)(F)F. The van der Waals surface area contributed by atoms with Gasteiger partial charge in [0.05, 0.1) is 5.54 Å². The van der Waals surface area contributed by atoms with Gasteiger partial charge in [0.15, 0.2) is 0 Å². The summed E-state index contributed by atoms with van der Waals surface area (Å²) in [4.78, 5) is 29.4. The van der Waals surface area contributed by atoms with Gasteiger partial charge in [0.25, 0.3) is 5.91 Å². The molecule has 3 heterocycles. The Morgan fingerprint density at radius 2 is 1.94 bits per heavy atom. The minimum atomic E-state index is -5.08. The summed E-state index contributed by atoms with van der Waals surface area (Å²) in [6, 6.07) is 10.00. The maximum absolute atomic E-state index is 12.8. The Bertz CT molecular complexity index is 918. The fraction of sp³-hybridized carbons (Fsp3) is 0.545. The van der Waals surface area contributed by atoms with Crippen LogP contribution in [0.3, 0.4) is 0 Å². The van der Waals surface area contributed by atoms with Crippen LogP contribution in [0.4, 0.5) is 13.2 Å². The van der Waals surface area contributed by atoms with Crippen LogP contribution in [0, 0.1) is 5.92 Å². The fourth-order valence-electron chi connectivity index (χ4n) is 4.37. The molecule has 2 aromatic rings. The number of likely N-dealkylation sites (N-methyl/N-ethyl adjacent to an activating group) is 1. The molecule has 0 radical (unpaired) electrons. The number of aromatic amines is 1. The van der Waals surface area contributed by atoms with Crippen LogP contribution in [0.15, 0.2) is 30.3 Å². The van der Waals surface area contributed by atoms with Gasteiger partial charge in [0, 0.05) is 37.2 Å². The van der Waals surface area contributed by atoms with E-state index in [1.165, 1.54) is 6.42 Å². The number of hydrogen-bond donors (Lipinski definition) is 2. The minimum absolute atomic E-state index is 0.113. The molecule has 2 aliphatic heterocycles. The number of fused-ring (bicyclic) bond motifs is 1. The quantitative estimate of drug-likeness (QED) is 0.739. The third-order valence-electron chi connectivity index (χ3n) is 6.17. The molecule has 1 aromatic carbocycles. The van der Waals surface area contributed by atoms with E-state index in [0.717, 1.165) is 50.2 Å². The molecule has 0 bridgehead atoms. The highest BCUT2D eigenvalue weighted by Gasteiger charge is 2.51. The van der Waals surface area contributed by atoms with E-state index in [9.17, 15) is 18.0 Å². The number of carboxylic acids is 1. The molecular formula is C22H28F3N3O4. The number of halogens is 3. The molecule has 1 spiro atoms. The maximum Gasteiger partial charge on any atom is 0.490 e. The lowest BCUT2D eigenvalue weighted by Crippen LogP contribution is -2.72. The molecule has 176 valence electrons. The van der Waals surface area contributed by atoms with E-state index >= 15 is 0 Å². The Morgan fingerprint density at radius 1 is 1.28 bits per heavy atom. The summed E-state index contributed by atoms with van der Waals surface area (Å²) in [7, 11) is 2.20. The normalized spacial score (nSPS) is 20.5. The molecule has 1 aromatic heterocycles. The lowest BCUT2D eigenvalue weighted by atomic mass is 9.75. The first-order valence-electron chi connectivity index (χ1n) is 10.5. The van der Waals surface area contributed by atoms with Crippen molar-refractivity contribution in [2.75, 3.05) is 39.9 Å². The zero-order valence-electron chi connectivity index (χ0n) is 18.1. The summed E-state index contributed by atoms with van der Waals surface area (Å²) in [6.07, 6.45) is -2.77. The molecule has 0 saturated carbocycles. The van der Waals surface area contributed by atoms with Crippen molar-refractivity contribution in [2.24, 2.45) is 5.92 Å². The number of hydrogen-bond acceptors (Lipinski definition) is 4. The third-order valence-corrected chi connectivity index (χ3v) is 6.17. The van der Waals surface area contributed by atoms with Crippen LogP contribution >= 0.6 is 0 Å². The lowest BCUT2D eigenvalue weighted by molar-refractivity contribution is -0.192. The van der Waals surface area contributed by atoms with Crippen molar-refractivity contribution < 1.29 is 32.6 Å². The van der Waals surface area contributed by atoms with E-state index in [0.29, 0.717) is 11.6 Å². The third kappa shape index (κ3) is 5.24. The van der Waals surface area contributed by atoms with Crippen LogP contribution in [-0.4, -0.2) is 83.4 Å². The largest absolute Gasteiger partial charge is 0.490 e. The maximum atomic E-state index is 12.8. The minimum Gasteiger partial charge on any atom is -0.475 e. The second-order valence-corrected chi connectivity index (χ2v) is 8.40. The molecule has 32 heavy (non-hydrogen) atoms. The predicted octanol–water partition coefficient (Wildman–Crippen LogP) is 3.37.